The molecule has 0 radical (unpaired) electrons. The second-order valence-corrected chi connectivity index (χ2v) is 2.86. The average Bonchev–Trinajstić information content (AvgIpc) is 2.04. The highest BCUT2D eigenvalue weighted by Gasteiger charge is 2.34. The summed E-state index contributed by atoms with van der Waals surface area (Å²) in [6.07, 6.45) is 6.12. The van der Waals surface area contributed by atoms with E-state index in [0.717, 1.165) is 6.42 Å². The minimum atomic E-state index is -0.760. The molecule has 0 aromatic heterocycles. The molecule has 3 nitrogen and oxygen atoms in total. The number of hydrogen-bond acceptors (Lipinski definition) is 3. The first-order valence-electron chi connectivity index (χ1n) is 3.71. The molecule has 2 N–H and O–H groups in total. The van der Waals surface area contributed by atoms with Crippen molar-refractivity contribution < 1.29 is 9.53 Å². The number of allylic oxidation sites excluding steroid dienone is 1. The zero-order valence-corrected chi connectivity index (χ0v) is 6.67. The van der Waals surface area contributed by atoms with E-state index in [0.29, 0.717) is 12.8 Å². The van der Waals surface area contributed by atoms with E-state index in [1.54, 1.807) is 0 Å². The maximum Gasteiger partial charge on any atom is 0.326 e. The first-order chi connectivity index (χ1) is 5.19. The van der Waals surface area contributed by atoms with Crippen LogP contribution in [0.25, 0.3) is 0 Å². The Balaban J connectivity index is 2.66. The smallest absolute Gasteiger partial charge is 0.326 e. The number of hydrogen-bond donors (Lipinski definition) is 1. The quantitative estimate of drug-likeness (QED) is 0.445. The number of methoxy groups -OCH3 is 1. The highest BCUT2D eigenvalue weighted by Crippen LogP contribution is 2.21. The van der Waals surface area contributed by atoms with Crippen molar-refractivity contribution in [1.82, 2.24) is 0 Å². The van der Waals surface area contributed by atoms with Gasteiger partial charge in [0.1, 0.15) is 5.54 Å². The molecule has 1 aliphatic rings. The van der Waals surface area contributed by atoms with Gasteiger partial charge in [-0.05, 0) is 19.3 Å². The Hall–Kier alpha value is -0.830. The maximum absolute atomic E-state index is 11.1. The van der Waals surface area contributed by atoms with Crippen LogP contribution in [-0.4, -0.2) is 18.6 Å². The molecular weight excluding hydrogens is 142 g/mol. The number of rotatable bonds is 1. The van der Waals surface area contributed by atoms with Crippen molar-refractivity contribution in [2.45, 2.75) is 24.8 Å². The van der Waals surface area contributed by atoms with Gasteiger partial charge >= 0.3 is 5.97 Å². The van der Waals surface area contributed by atoms with E-state index in [9.17, 15) is 4.79 Å². The van der Waals surface area contributed by atoms with Gasteiger partial charge in [0, 0.05) is 0 Å². The lowest BCUT2D eigenvalue weighted by Gasteiger charge is -2.26. The third-order valence-corrected chi connectivity index (χ3v) is 2.00. The molecule has 0 aromatic rings. The predicted molar refractivity (Wildman–Crippen MR) is 41.9 cm³/mol. The number of ether oxygens (including phenoxy) is 1. The van der Waals surface area contributed by atoms with Crippen molar-refractivity contribution in [1.29, 1.82) is 0 Å². The van der Waals surface area contributed by atoms with E-state index in [1.807, 2.05) is 12.2 Å². The molecule has 1 rings (SSSR count). The SMILES string of the molecule is COC(=O)[C@@]1(N)CC=CCC1. The first kappa shape index (κ1) is 8.27. The molecule has 1 atom stereocenters. The van der Waals surface area contributed by atoms with Crippen LogP contribution in [0.15, 0.2) is 12.2 Å². The fourth-order valence-corrected chi connectivity index (χ4v) is 1.24. The average molecular weight is 155 g/mol. The molecule has 1 aliphatic carbocycles. The van der Waals surface area contributed by atoms with Crippen LogP contribution in [0.1, 0.15) is 19.3 Å². The molecule has 0 saturated heterocycles. The third kappa shape index (κ3) is 1.60. The van der Waals surface area contributed by atoms with E-state index in [1.165, 1.54) is 7.11 Å². The van der Waals surface area contributed by atoms with Gasteiger partial charge in [-0.3, -0.25) is 4.79 Å². The Labute approximate surface area is 66.2 Å². The molecule has 0 fully saturated rings. The second kappa shape index (κ2) is 3.05. The molecular formula is C8H13NO2. The lowest BCUT2D eigenvalue weighted by atomic mass is 9.87. The van der Waals surface area contributed by atoms with Gasteiger partial charge in [-0.2, -0.15) is 0 Å². The van der Waals surface area contributed by atoms with Crippen molar-refractivity contribution in [3.63, 3.8) is 0 Å². The fourth-order valence-electron chi connectivity index (χ4n) is 1.24. The minimum absolute atomic E-state index is 0.304. The molecule has 62 valence electrons. The molecule has 0 amide bonds. The summed E-state index contributed by atoms with van der Waals surface area (Å²) in [7, 11) is 1.37. The summed E-state index contributed by atoms with van der Waals surface area (Å²) in [6, 6.07) is 0. The maximum atomic E-state index is 11.1. The molecule has 0 bridgehead atoms. The van der Waals surface area contributed by atoms with Gasteiger partial charge in [-0.15, -0.1) is 0 Å². The van der Waals surface area contributed by atoms with Crippen molar-refractivity contribution >= 4 is 5.97 Å². The zero-order chi connectivity index (χ0) is 8.32. The van der Waals surface area contributed by atoms with Crippen molar-refractivity contribution in [2.24, 2.45) is 5.73 Å². The van der Waals surface area contributed by atoms with Gasteiger partial charge < -0.3 is 10.5 Å². The molecule has 11 heavy (non-hydrogen) atoms. The van der Waals surface area contributed by atoms with Crippen LogP contribution in [0.3, 0.4) is 0 Å². The molecule has 0 aromatic carbocycles. The van der Waals surface area contributed by atoms with Crippen LogP contribution in [0.5, 0.6) is 0 Å². The number of nitrogens with two attached hydrogens (primary N) is 1. The summed E-state index contributed by atoms with van der Waals surface area (Å²) >= 11 is 0. The number of carbonyl (C=O) groups excluding carboxylic acids is 1. The molecule has 0 saturated carbocycles. The summed E-state index contributed by atoms with van der Waals surface area (Å²) in [5, 5.41) is 0. The van der Waals surface area contributed by atoms with Gasteiger partial charge in [0.2, 0.25) is 0 Å². The lowest BCUT2D eigenvalue weighted by molar-refractivity contribution is -0.147. The van der Waals surface area contributed by atoms with E-state index in [-0.39, 0.29) is 5.97 Å². The van der Waals surface area contributed by atoms with Crippen LogP contribution in [-0.2, 0) is 9.53 Å². The fraction of sp³-hybridized carbons (Fsp3) is 0.625. The standard InChI is InChI=1S/C8H13NO2/c1-11-7(10)8(9)5-3-2-4-6-8/h2-3H,4-6,9H2,1H3/t8-/m1/s1. The van der Waals surface area contributed by atoms with E-state index in [2.05, 4.69) is 4.74 Å². The highest BCUT2D eigenvalue weighted by atomic mass is 16.5. The molecule has 0 heterocycles. The van der Waals surface area contributed by atoms with Gasteiger partial charge in [0.15, 0.2) is 0 Å². The monoisotopic (exact) mass is 155 g/mol. The Morgan fingerprint density at radius 2 is 2.36 bits per heavy atom. The van der Waals surface area contributed by atoms with E-state index >= 15 is 0 Å². The molecule has 0 unspecified atom stereocenters. The van der Waals surface area contributed by atoms with Crippen molar-refractivity contribution in [3.05, 3.63) is 12.2 Å². The minimum Gasteiger partial charge on any atom is -0.468 e. The van der Waals surface area contributed by atoms with Gasteiger partial charge in [-0.25, -0.2) is 0 Å². The Morgan fingerprint density at radius 3 is 2.82 bits per heavy atom. The largest absolute Gasteiger partial charge is 0.468 e. The Morgan fingerprint density at radius 1 is 1.64 bits per heavy atom. The lowest BCUT2D eigenvalue weighted by Crippen LogP contribution is -2.49. The van der Waals surface area contributed by atoms with Gasteiger partial charge in [0.25, 0.3) is 0 Å². The van der Waals surface area contributed by atoms with Gasteiger partial charge in [-0.1, -0.05) is 12.2 Å². The summed E-state index contributed by atoms with van der Waals surface area (Å²) < 4.78 is 4.59. The molecule has 0 aliphatic heterocycles. The predicted octanol–water partition coefficient (Wildman–Crippen LogP) is 0.597. The summed E-state index contributed by atoms with van der Waals surface area (Å²) in [6.45, 7) is 0. The summed E-state index contributed by atoms with van der Waals surface area (Å²) in [5.41, 5.74) is 5.03. The van der Waals surface area contributed by atoms with Crippen molar-refractivity contribution in [3.8, 4) is 0 Å². The first-order valence-corrected chi connectivity index (χ1v) is 3.71. The van der Waals surface area contributed by atoms with Crippen LogP contribution in [0.2, 0.25) is 0 Å². The Bertz CT molecular complexity index is 189. The van der Waals surface area contributed by atoms with E-state index < -0.39 is 5.54 Å². The van der Waals surface area contributed by atoms with Crippen LogP contribution in [0, 0.1) is 0 Å². The Kier molecular flexibility index (Phi) is 2.29. The van der Waals surface area contributed by atoms with Crippen LogP contribution < -0.4 is 5.73 Å². The number of carbonyl (C=O) groups is 1. The molecule has 0 spiro atoms. The summed E-state index contributed by atoms with van der Waals surface area (Å²) in [4.78, 5) is 11.1. The summed E-state index contributed by atoms with van der Waals surface area (Å²) in [5.74, 6) is -0.304. The second-order valence-electron chi connectivity index (χ2n) is 2.86. The van der Waals surface area contributed by atoms with Crippen LogP contribution >= 0.6 is 0 Å². The normalized spacial score (nSPS) is 30.0. The molecule has 3 heteroatoms. The van der Waals surface area contributed by atoms with E-state index in [4.69, 9.17) is 5.73 Å². The third-order valence-electron chi connectivity index (χ3n) is 2.00. The van der Waals surface area contributed by atoms with Crippen LogP contribution in [0.4, 0.5) is 0 Å². The number of esters is 1. The topological polar surface area (TPSA) is 52.3 Å². The zero-order valence-electron chi connectivity index (χ0n) is 6.67. The van der Waals surface area contributed by atoms with Gasteiger partial charge in [0.05, 0.1) is 7.11 Å². The highest BCUT2D eigenvalue weighted by molar-refractivity contribution is 5.80. The van der Waals surface area contributed by atoms with Crippen molar-refractivity contribution in [2.75, 3.05) is 7.11 Å².